The number of hydrogen-bond donors (Lipinski definition) is 2. The van der Waals surface area contributed by atoms with Crippen LogP contribution in [0.2, 0.25) is 5.02 Å². The Kier molecular flexibility index (Phi) is 6.25. The smallest absolute Gasteiger partial charge is 0.226 e. The summed E-state index contributed by atoms with van der Waals surface area (Å²) in [6.07, 6.45) is 0.203. The normalized spacial score (nSPS) is 19.2. The highest BCUT2D eigenvalue weighted by Gasteiger charge is 2.42. The largest absolute Gasteiger partial charge is 0.383 e. The molecule has 0 saturated carbocycles. The number of nitrogens with one attached hydrogen (secondary N) is 2. The monoisotopic (exact) mass is 399 g/mol. The fraction of sp³-hybridized carbons (Fsp3) is 0.364. The lowest BCUT2D eigenvalue weighted by Gasteiger charge is -2.25. The predicted molar refractivity (Wildman–Crippen MR) is 112 cm³/mol. The lowest BCUT2D eigenvalue weighted by Crippen LogP contribution is -2.34. The molecule has 0 spiro atoms. The second-order valence-electron chi connectivity index (χ2n) is 7.53. The van der Waals surface area contributed by atoms with E-state index in [0.717, 1.165) is 16.8 Å². The molecule has 2 N–H and O–H groups in total. The third-order valence-corrected chi connectivity index (χ3v) is 5.20. The highest BCUT2D eigenvalue weighted by atomic mass is 35.5. The van der Waals surface area contributed by atoms with Gasteiger partial charge in [0.15, 0.2) is 0 Å². The summed E-state index contributed by atoms with van der Waals surface area (Å²) in [5.74, 6) is -0.592. The van der Waals surface area contributed by atoms with Crippen molar-refractivity contribution in [2.45, 2.75) is 38.9 Å². The van der Waals surface area contributed by atoms with Gasteiger partial charge in [0.05, 0.1) is 12.0 Å². The van der Waals surface area contributed by atoms with E-state index in [4.69, 9.17) is 11.6 Å². The summed E-state index contributed by atoms with van der Waals surface area (Å²) in [5, 5.41) is 6.95. The van der Waals surface area contributed by atoms with Gasteiger partial charge in [-0.15, -0.1) is 0 Å². The van der Waals surface area contributed by atoms with Crippen LogP contribution in [0.3, 0.4) is 0 Å². The van der Waals surface area contributed by atoms with Crippen LogP contribution in [-0.4, -0.2) is 29.8 Å². The van der Waals surface area contributed by atoms with Crippen molar-refractivity contribution in [3.63, 3.8) is 0 Å². The molecule has 2 aromatic rings. The molecule has 1 saturated heterocycles. The Labute approximate surface area is 171 Å². The predicted octanol–water partition coefficient (Wildman–Crippen LogP) is 4.00. The average molecular weight is 400 g/mol. The molecule has 0 bridgehead atoms. The first-order valence-corrected chi connectivity index (χ1v) is 9.87. The number of rotatable bonds is 6. The molecule has 28 heavy (non-hydrogen) atoms. The summed E-state index contributed by atoms with van der Waals surface area (Å²) in [5.41, 5.74) is 2.91. The lowest BCUT2D eigenvalue weighted by atomic mass is 9.93. The number of carbonyl (C=O) groups is 2. The molecule has 0 radical (unpaired) electrons. The Balaban J connectivity index is 1.71. The van der Waals surface area contributed by atoms with Crippen LogP contribution < -0.4 is 10.6 Å². The summed E-state index contributed by atoms with van der Waals surface area (Å²) in [6.45, 7) is 4.58. The van der Waals surface area contributed by atoms with Gasteiger partial charge in [0, 0.05) is 36.8 Å². The first-order valence-electron chi connectivity index (χ1n) is 9.49. The Morgan fingerprint density at radius 2 is 1.96 bits per heavy atom. The van der Waals surface area contributed by atoms with E-state index in [9.17, 15) is 9.59 Å². The summed E-state index contributed by atoms with van der Waals surface area (Å²) in [4.78, 5) is 26.8. The third kappa shape index (κ3) is 4.65. The quantitative estimate of drug-likeness (QED) is 0.771. The molecule has 5 nitrogen and oxygen atoms in total. The molecule has 1 heterocycles. The van der Waals surface area contributed by atoms with Gasteiger partial charge in [0.2, 0.25) is 11.8 Å². The maximum absolute atomic E-state index is 12.9. The number of anilines is 1. The number of halogens is 1. The third-order valence-electron chi connectivity index (χ3n) is 4.96. The topological polar surface area (TPSA) is 61.4 Å². The fourth-order valence-electron chi connectivity index (χ4n) is 3.68. The van der Waals surface area contributed by atoms with E-state index in [1.807, 2.05) is 42.5 Å². The van der Waals surface area contributed by atoms with Gasteiger partial charge < -0.3 is 15.5 Å². The zero-order chi connectivity index (χ0) is 20.3. The molecule has 0 unspecified atom stereocenters. The zero-order valence-corrected chi connectivity index (χ0v) is 17.2. The minimum Gasteiger partial charge on any atom is -0.383 e. The molecule has 3 rings (SSSR count). The van der Waals surface area contributed by atoms with Crippen molar-refractivity contribution < 1.29 is 9.59 Å². The van der Waals surface area contributed by atoms with Gasteiger partial charge in [0.25, 0.3) is 0 Å². The second kappa shape index (κ2) is 8.65. The molecule has 148 valence electrons. The van der Waals surface area contributed by atoms with Crippen LogP contribution in [0.1, 0.15) is 37.4 Å². The Morgan fingerprint density at radius 1 is 1.21 bits per heavy atom. The minimum atomic E-state index is -0.437. The van der Waals surface area contributed by atoms with Crippen LogP contribution >= 0.6 is 11.6 Å². The second-order valence-corrected chi connectivity index (χ2v) is 7.97. The van der Waals surface area contributed by atoms with Gasteiger partial charge in [-0.3, -0.25) is 9.59 Å². The van der Waals surface area contributed by atoms with Gasteiger partial charge in [0.1, 0.15) is 0 Å². The minimum absolute atomic E-state index is 0.0340. The van der Waals surface area contributed by atoms with Gasteiger partial charge in [-0.2, -0.15) is 0 Å². The summed E-state index contributed by atoms with van der Waals surface area (Å²) >= 11 is 6.12. The average Bonchev–Trinajstić information content (AvgIpc) is 2.94. The van der Waals surface area contributed by atoms with Gasteiger partial charge >= 0.3 is 0 Å². The Bertz CT molecular complexity index is 868. The maximum atomic E-state index is 12.9. The van der Waals surface area contributed by atoms with Crippen molar-refractivity contribution in [1.82, 2.24) is 10.2 Å². The van der Waals surface area contributed by atoms with E-state index < -0.39 is 5.92 Å². The van der Waals surface area contributed by atoms with E-state index in [1.165, 1.54) is 0 Å². The van der Waals surface area contributed by atoms with E-state index in [2.05, 4.69) is 24.5 Å². The van der Waals surface area contributed by atoms with Crippen molar-refractivity contribution in [2.75, 3.05) is 12.4 Å². The van der Waals surface area contributed by atoms with Crippen molar-refractivity contribution in [3.05, 3.63) is 64.7 Å². The Morgan fingerprint density at radius 3 is 2.68 bits per heavy atom. The van der Waals surface area contributed by atoms with Crippen molar-refractivity contribution >= 4 is 29.1 Å². The van der Waals surface area contributed by atoms with E-state index >= 15 is 0 Å². The summed E-state index contributed by atoms with van der Waals surface area (Å²) in [6, 6.07) is 15.4. The number of carbonyl (C=O) groups excluding carboxylic acids is 2. The molecule has 1 aliphatic heterocycles. The molecule has 1 aliphatic rings. The molecule has 2 amide bonds. The molecule has 6 heteroatoms. The van der Waals surface area contributed by atoms with Crippen LogP contribution in [0.4, 0.5) is 5.69 Å². The van der Waals surface area contributed by atoms with Crippen molar-refractivity contribution in [1.29, 1.82) is 0 Å². The van der Waals surface area contributed by atoms with Crippen molar-refractivity contribution in [3.8, 4) is 0 Å². The molecular formula is C22H26ClN3O2. The van der Waals surface area contributed by atoms with Crippen LogP contribution in [0.5, 0.6) is 0 Å². The molecule has 0 aliphatic carbocycles. The van der Waals surface area contributed by atoms with Crippen molar-refractivity contribution in [2.24, 2.45) is 5.92 Å². The number of likely N-dealkylation sites (tertiary alicyclic amines) is 1. The first kappa shape index (κ1) is 20.2. The first-order chi connectivity index (χ1) is 13.3. The van der Waals surface area contributed by atoms with Gasteiger partial charge in [-0.25, -0.2) is 0 Å². The molecule has 2 aromatic carbocycles. The number of amides is 2. The number of nitrogens with zero attached hydrogens (tertiary/aromatic N) is 1. The lowest BCUT2D eigenvalue weighted by molar-refractivity contribution is -0.128. The van der Waals surface area contributed by atoms with Gasteiger partial charge in [-0.1, -0.05) is 35.9 Å². The van der Waals surface area contributed by atoms with Crippen LogP contribution in [0, 0.1) is 5.92 Å². The highest BCUT2D eigenvalue weighted by Crippen LogP contribution is 2.37. The maximum Gasteiger partial charge on any atom is 0.226 e. The summed E-state index contributed by atoms with van der Waals surface area (Å²) in [7, 11) is 1.74. The number of hydrogen-bond acceptors (Lipinski definition) is 3. The molecule has 1 fully saturated rings. The summed E-state index contributed by atoms with van der Waals surface area (Å²) < 4.78 is 0. The van der Waals surface area contributed by atoms with Crippen LogP contribution in [0.15, 0.2) is 48.5 Å². The van der Waals surface area contributed by atoms with Gasteiger partial charge in [-0.05, 0) is 49.2 Å². The van der Waals surface area contributed by atoms with E-state index in [-0.39, 0.29) is 24.3 Å². The molecular weight excluding hydrogens is 374 g/mol. The zero-order valence-electron chi connectivity index (χ0n) is 16.4. The molecule has 0 aromatic heterocycles. The highest BCUT2D eigenvalue weighted by molar-refractivity contribution is 6.30. The standard InChI is InChI=1S/C22H26ClN3O2/c1-14(2)25-18-9-4-6-15(10-18)13-24-22(28)19-12-20(27)26(3)21(19)16-7-5-8-17(23)11-16/h4-11,14,19,21,25H,12-13H2,1-3H3,(H,24,28)/t19-,21-/m0/s1. The Hall–Kier alpha value is -2.53. The van der Waals surface area contributed by atoms with E-state index in [1.54, 1.807) is 18.0 Å². The fourth-order valence-corrected chi connectivity index (χ4v) is 3.87. The van der Waals surface area contributed by atoms with E-state index in [0.29, 0.717) is 17.6 Å². The van der Waals surface area contributed by atoms with Crippen LogP contribution in [0.25, 0.3) is 0 Å². The SMILES string of the molecule is CC(C)Nc1cccc(CNC(=O)[C@H]2CC(=O)N(C)[C@H]2c2cccc(Cl)c2)c1. The number of benzene rings is 2. The molecule has 2 atom stereocenters. The van der Waals surface area contributed by atoms with Crippen LogP contribution in [-0.2, 0) is 16.1 Å².